The lowest BCUT2D eigenvalue weighted by Crippen LogP contribution is -2.05. The molecule has 0 atom stereocenters. The molecule has 6 nitrogen and oxygen atoms in total. The maximum atomic E-state index is 9.87. The van der Waals surface area contributed by atoms with Gasteiger partial charge in [-0.1, -0.05) is 72.8 Å². The summed E-state index contributed by atoms with van der Waals surface area (Å²) in [5.74, 6) is 3.34. The first-order chi connectivity index (χ1) is 18.3. The molecule has 0 saturated carbocycles. The maximum absolute atomic E-state index is 9.87. The minimum atomic E-state index is -0.146. The molecular formula is C31H25NO5. The molecule has 1 N–H and O–H groups in total. The normalized spacial score (nSPS) is 10.5. The Morgan fingerprint density at radius 1 is 0.459 bits per heavy atom. The fourth-order valence-electron chi connectivity index (χ4n) is 3.61. The largest absolute Gasteiger partial charge is 0.451 e. The van der Waals surface area contributed by atoms with E-state index in [1.807, 2.05) is 121 Å². The molecule has 0 amide bonds. The van der Waals surface area contributed by atoms with Crippen molar-refractivity contribution in [2.75, 3.05) is 6.61 Å². The van der Waals surface area contributed by atoms with Crippen LogP contribution in [0.25, 0.3) is 0 Å². The van der Waals surface area contributed by atoms with E-state index in [1.54, 1.807) is 0 Å². The SMILES string of the molecule is OCCc1nc(Oc2ccccc2)c(Oc2ccccc2)c(Oc2ccccc2)c1Oc1ccccc1. The average Bonchev–Trinajstić information content (AvgIpc) is 2.95. The standard InChI is InChI=1S/C31H25NO5/c33-22-21-27-28(34-23-13-5-1-6-14-23)29(35-24-15-7-2-8-16-24)30(36-25-17-9-3-10-18-25)31(32-27)37-26-19-11-4-12-20-26/h1-20,33H,21-22H2. The van der Waals surface area contributed by atoms with E-state index in [0.717, 1.165) is 0 Å². The van der Waals surface area contributed by atoms with Crippen LogP contribution in [-0.2, 0) is 6.42 Å². The summed E-state index contributed by atoms with van der Waals surface area (Å²) in [6.07, 6.45) is 0.212. The molecule has 0 spiro atoms. The molecule has 0 unspecified atom stereocenters. The van der Waals surface area contributed by atoms with Crippen molar-refractivity contribution in [3.63, 3.8) is 0 Å². The molecule has 0 fully saturated rings. The summed E-state index contributed by atoms with van der Waals surface area (Å²) in [6, 6.07) is 37.3. The Balaban J connectivity index is 1.72. The molecule has 0 radical (unpaired) electrons. The first kappa shape index (κ1) is 23.9. The summed E-state index contributed by atoms with van der Waals surface area (Å²) < 4.78 is 25.3. The van der Waals surface area contributed by atoms with E-state index < -0.39 is 0 Å². The molecule has 6 heteroatoms. The highest BCUT2D eigenvalue weighted by Gasteiger charge is 2.27. The molecule has 5 rings (SSSR count). The lowest BCUT2D eigenvalue weighted by molar-refractivity contribution is 0.293. The molecule has 4 aromatic carbocycles. The lowest BCUT2D eigenvalue weighted by atomic mass is 10.2. The van der Waals surface area contributed by atoms with Gasteiger partial charge in [0, 0.05) is 13.0 Å². The second kappa shape index (κ2) is 11.7. The van der Waals surface area contributed by atoms with Gasteiger partial charge in [0.1, 0.15) is 23.0 Å². The lowest BCUT2D eigenvalue weighted by Gasteiger charge is -2.21. The van der Waals surface area contributed by atoms with Crippen LogP contribution in [0.3, 0.4) is 0 Å². The first-order valence-corrected chi connectivity index (χ1v) is 11.9. The predicted molar refractivity (Wildman–Crippen MR) is 141 cm³/mol. The number of ether oxygens (including phenoxy) is 4. The highest BCUT2D eigenvalue weighted by atomic mass is 16.6. The Morgan fingerprint density at radius 3 is 1.27 bits per heavy atom. The van der Waals surface area contributed by atoms with Crippen LogP contribution >= 0.6 is 0 Å². The molecule has 0 bridgehead atoms. The molecule has 0 aliphatic rings. The number of hydrogen-bond acceptors (Lipinski definition) is 6. The summed E-state index contributed by atoms with van der Waals surface area (Å²) in [7, 11) is 0. The van der Waals surface area contributed by atoms with Crippen molar-refractivity contribution in [3.8, 4) is 46.1 Å². The van der Waals surface area contributed by atoms with Gasteiger partial charge in [-0.05, 0) is 48.5 Å². The first-order valence-electron chi connectivity index (χ1n) is 11.9. The molecule has 1 heterocycles. The van der Waals surface area contributed by atoms with Crippen molar-refractivity contribution in [2.24, 2.45) is 0 Å². The number of aliphatic hydroxyl groups is 1. The fraction of sp³-hybridized carbons (Fsp3) is 0.0645. The zero-order chi connectivity index (χ0) is 25.3. The van der Waals surface area contributed by atoms with Gasteiger partial charge >= 0.3 is 0 Å². The van der Waals surface area contributed by atoms with Gasteiger partial charge in [0.05, 0.1) is 5.69 Å². The van der Waals surface area contributed by atoms with Gasteiger partial charge in [0.2, 0.25) is 11.5 Å². The molecular weight excluding hydrogens is 466 g/mol. The third-order valence-electron chi connectivity index (χ3n) is 5.30. The highest BCUT2D eigenvalue weighted by molar-refractivity contribution is 5.62. The van der Waals surface area contributed by atoms with Crippen molar-refractivity contribution in [1.29, 1.82) is 0 Å². The Kier molecular flexibility index (Phi) is 7.59. The number of nitrogens with zero attached hydrogens (tertiary/aromatic N) is 1. The third-order valence-corrected chi connectivity index (χ3v) is 5.30. The van der Waals surface area contributed by atoms with Crippen LogP contribution in [-0.4, -0.2) is 16.7 Å². The van der Waals surface area contributed by atoms with E-state index in [1.165, 1.54) is 0 Å². The van der Waals surface area contributed by atoms with Crippen molar-refractivity contribution < 1.29 is 24.1 Å². The molecule has 184 valence electrons. The molecule has 1 aromatic heterocycles. The number of aromatic nitrogens is 1. The number of hydrogen-bond donors (Lipinski definition) is 1. The Hall–Kier alpha value is -4.81. The van der Waals surface area contributed by atoms with E-state index in [2.05, 4.69) is 0 Å². The maximum Gasteiger partial charge on any atom is 0.267 e. The van der Waals surface area contributed by atoms with Gasteiger partial charge in [0.15, 0.2) is 5.75 Å². The monoisotopic (exact) mass is 491 g/mol. The average molecular weight is 492 g/mol. The van der Waals surface area contributed by atoms with Gasteiger partial charge in [-0.15, -0.1) is 0 Å². The second-order valence-electron chi connectivity index (χ2n) is 7.99. The van der Waals surface area contributed by atoms with Crippen molar-refractivity contribution in [3.05, 3.63) is 127 Å². The zero-order valence-corrected chi connectivity index (χ0v) is 20.0. The number of benzene rings is 4. The number of aliphatic hydroxyl groups excluding tert-OH is 1. The Morgan fingerprint density at radius 2 is 0.838 bits per heavy atom. The van der Waals surface area contributed by atoms with E-state index >= 15 is 0 Å². The van der Waals surface area contributed by atoms with Crippen LogP contribution in [0.1, 0.15) is 5.69 Å². The highest BCUT2D eigenvalue weighted by Crippen LogP contribution is 2.51. The smallest absolute Gasteiger partial charge is 0.267 e. The quantitative estimate of drug-likeness (QED) is 0.215. The summed E-state index contributed by atoms with van der Waals surface area (Å²) >= 11 is 0. The molecule has 0 aliphatic carbocycles. The summed E-state index contributed by atoms with van der Waals surface area (Å²) in [6.45, 7) is -0.146. The Bertz CT molecular complexity index is 1410. The Labute approximate surface area is 215 Å². The van der Waals surface area contributed by atoms with Crippen LogP contribution in [0.5, 0.6) is 46.1 Å². The van der Waals surface area contributed by atoms with Crippen molar-refractivity contribution >= 4 is 0 Å². The van der Waals surface area contributed by atoms with Gasteiger partial charge in [0.25, 0.3) is 5.88 Å². The molecule has 5 aromatic rings. The second-order valence-corrected chi connectivity index (χ2v) is 7.99. The van der Waals surface area contributed by atoms with E-state index in [-0.39, 0.29) is 30.4 Å². The van der Waals surface area contributed by atoms with Crippen molar-refractivity contribution in [1.82, 2.24) is 4.98 Å². The van der Waals surface area contributed by atoms with Gasteiger partial charge in [-0.25, -0.2) is 4.98 Å². The molecule has 0 saturated heterocycles. The topological polar surface area (TPSA) is 70.0 Å². The summed E-state index contributed by atoms with van der Waals surface area (Å²) in [4.78, 5) is 4.74. The zero-order valence-electron chi connectivity index (χ0n) is 20.0. The van der Waals surface area contributed by atoms with E-state index in [9.17, 15) is 5.11 Å². The third kappa shape index (κ3) is 6.07. The van der Waals surface area contributed by atoms with Crippen LogP contribution in [0, 0.1) is 0 Å². The minimum absolute atomic E-state index is 0.146. The summed E-state index contributed by atoms with van der Waals surface area (Å²) in [5.41, 5.74) is 0.462. The molecule has 0 aliphatic heterocycles. The predicted octanol–water partition coefficient (Wildman–Crippen LogP) is 7.79. The minimum Gasteiger partial charge on any atom is -0.451 e. The number of rotatable bonds is 10. The van der Waals surface area contributed by atoms with Gasteiger partial charge in [-0.2, -0.15) is 0 Å². The van der Waals surface area contributed by atoms with Crippen LogP contribution in [0.4, 0.5) is 0 Å². The fourth-order valence-corrected chi connectivity index (χ4v) is 3.61. The van der Waals surface area contributed by atoms with E-state index in [0.29, 0.717) is 34.4 Å². The van der Waals surface area contributed by atoms with Gasteiger partial charge < -0.3 is 24.1 Å². The van der Waals surface area contributed by atoms with Gasteiger partial charge in [-0.3, -0.25) is 0 Å². The van der Waals surface area contributed by atoms with Crippen LogP contribution in [0.2, 0.25) is 0 Å². The van der Waals surface area contributed by atoms with Crippen LogP contribution < -0.4 is 18.9 Å². The van der Waals surface area contributed by atoms with Crippen molar-refractivity contribution in [2.45, 2.75) is 6.42 Å². The summed E-state index contributed by atoms with van der Waals surface area (Å²) in [5, 5.41) is 9.87. The number of pyridine rings is 1. The number of para-hydroxylation sites is 4. The molecule has 37 heavy (non-hydrogen) atoms. The van der Waals surface area contributed by atoms with E-state index in [4.69, 9.17) is 23.9 Å². The van der Waals surface area contributed by atoms with Crippen LogP contribution in [0.15, 0.2) is 121 Å².